The molecule has 0 atom stereocenters. The van der Waals surface area contributed by atoms with Crippen molar-refractivity contribution in [3.05, 3.63) is 59.2 Å². The molecule has 0 saturated heterocycles. The largest absolute Gasteiger partial charge is 0.325 e. The Hall–Kier alpha value is -2.34. The van der Waals surface area contributed by atoms with E-state index < -0.39 is 15.4 Å². The average molecular weight is 344 g/mol. The minimum absolute atomic E-state index is 0.0857. The summed E-state index contributed by atoms with van der Waals surface area (Å²) in [6.07, 6.45) is 0. The van der Waals surface area contributed by atoms with E-state index in [2.05, 4.69) is 10.0 Å². The minimum atomic E-state index is -3.53. The van der Waals surface area contributed by atoms with Gasteiger partial charge in [-0.15, -0.1) is 0 Å². The number of carbonyl (C=O) groups excluding carboxylic acids is 1. The molecule has 0 saturated carbocycles. The van der Waals surface area contributed by atoms with Crippen LogP contribution in [-0.2, 0) is 26.0 Å². The molecule has 0 spiro atoms. The van der Waals surface area contributed by atoms with E-state index in [9.17, 15) is 13.2 Å². The monoisotopic (exact) mass is 344 g/mol. The Morgan fingerprint density at radius 1 is 1.12 bits per heavy atom. The Kier molecular flexibility index (Phi) is 3.87. The summed E-state index contributed by atoms with van der Waals surface area (Å²) in [5, 5.41) is 2.81. The SMILES string of the molecule is Cc1ccccc1CS(=O)(=O)Nc1ccc2c(c1)C(C)(C)C(=O)N2. The summed E-state index contributed by atoms with van der Waals surface area (Å²) in [7, 11) is -3.53. The third-order valence-electron chi connectivity index (χ3n) is 4.39. The maximum absolute atomic E-state index is 12.5. The van der Waals surface area contributed by atoms with Crippen LogP contribution in [0.25, 0.3) is 0 Å². The summed E-state index contributed by atoms with van der Waals surface area (Å²) in [6, 6.07) is 12.5. The second-order valence-corrected chi connectivity index (χ2v) is 8.35. The molecule has 0 bridgehead atoms. The van der Waals surface area contributed by atoms with E-state index in [1.165, 1.54) is 0 Å². The summed E-state index contributed by atoms with van der Waals surface area (Å²) in [4.78, 5) is 12.0. The van der Waals surface area contributed by atoms with Crippen molar-refractivity contribution in [1.82, 2.24) is 0 Å². The zero-order valence-electron chi connectivity index (χ0n) is 13.9. The molecule has 0 aromatic heterocycles. The van der Waals surface area contributed by atoms with Gasteiger partial charge >= 0.3 is 0 Å². The van der Waals surface area contributed by atoms with Gasteiger partial charge in [-0.25, -0.2) is 8.42 Å². The summed E-state index contributed by atoms with van der Waals surface area (Å²) in [6.45, 7) is 5.53. The van der Waals surface area contributed by atoms with E-state index in [1.54, 1.807) is 18.2 Å². The number of hydrogen-bond acceptors (Lipinski definition) is 3. The van der Waals surface area contributed by atoms with E-state index in [0.717, 1.165) is 22.4 Å². The minimum Gasteiger partial charge on any atom is -0.325 e. The standard InChI is InChI=1S/C18H20N2O3S/c1-12-6-4-5-7-13(12)11-24(22,23)20-14-8-9-16-15(10-14)18(2,3)17(21)19-16/h4-10,20H,11H2,1-3H3,(H,19,21). The lowest BCUT2D eigenvalue weighted by atomic mass is 9.86. The highest BCUT2D eigenvalue weighted by Gasteiger charge is 2.38. The van der Waals surface area contributed by atoms with Crippen molar-refractivity contribution in [1.29, 1.82) is 0 Å². The first kappa shape index (κ1) is 16.5. The third kappa shape index (κ3) is 3.01. The Balaban J connectivity index is 1.86. The van der Waals surface area contributed by atoms with Crippen LogP contribution in [0.5, 0.6) is 0 Å². The summed E-state index contributed by atoms with van der Waals surface area (Å²) < 4.78 is 27.5. The highest BCUT2D eigenvalue weighted by atomic mass is 32.2. The molecule has 5 nitrogen and oxygen atoms in total. The van der Waals surface area contributed by atoms with Crippen LogP contribution in [0.3, 0.4) is 0 Å². The molecule has 1 heterocycles. The number of rotatable bonds is 4. The Bertz CT molecular complexity index is 918. The molecule has 24 heavy (non-hydrogen) atoms. The molecule has 1 amide bonds. The van der Waals surface area contributed by atoms with Crippen LogP contribution < -0.4 is 10.0 Å². The lowest BCUT2D eigenvalue weighted by Crippen LogP contribution is -2.27. The quantitative estimate of drug-likeness (QED) is 0.894. The molecule has 2 aromatic rings. The molecule has 6 heteroatoms. The van der Waals surface area contributed by atoms with E-state index in [0.29, 0.717) is 5.69 Å². The maximum Gasteiger partial charge on any atom is 0.236 e. The molecular weight excluding hydrogens is 324 g/mol. The first-order chi connectivity index (χ1) is 11.2. The highest BCUT2D eigenvalue weighted by molar-refractivity contribution is 7.91. The third-order valence-corrected chi connectivity index (χ3v) is 5.63. The van der Waals surface area contributed by atoms with Crippen LogP contribution in [0.1, 0.15) is 30.5 Å². The zero-order valence-corrected chi connectivity index (χ0v) is 14.7. The van der Waals surface area contributed by atoms with E-state index in [-0.39, 0.29) is 11.7 Å². The first-order valence-corrected chi connectivity index (χ1v) is 9.35. The van der Waals surface area contributed by atoms with E-state index >= 15 is 0 Å². The van der Waals surface area contributed by atoms with Crippen molar-refractivity contribution in [2.45, 2.75) is 31.9 Å². The number of sulfonamides is 1. The Morgan fingerprint density at radius 3 is 2.54 bits per heavy atom. The van der Waals surface area contributed by atoms with Crippen LogP contribution in [0.4, 0.5) is 11.4 Å². The number of hydrogen-bond donors (Lipinski definition) is 2. The predicted molar refractivity (Wildman–Crippen MR) is 95.5 cm³/mol. The van der Waals surface area contributed by atoms with Gasteiger partial charge in [0.1, 0.15) is 0 Å². The van der Waals surface area contributed by atoms with Crippen LogP contribution in [0.15, 0.2) is 42.5 Å². The van der Waals surface area contributed by atoms with Gasteiger partial charge in [0, 0.05) is 11.4 Å². The lowest BCUT2D eigenvalue weighted by Gasteiger charge is -2.16. The van der Waals surface area contributed by atoms with Gasteiger partial charge in [0.15, 0.2) is 0 Å². The fourth-order valence-electron chi connectivity index (χ4n) is 2.83. The van der Waals surface area contributed by atoms with Gasteiger partial charge in [0.2, 0.25) is 15.9 Å². The molecule has 1 aliphatic rings. The van der Waals surface area contributed by atoms with Crippen LogP contribution in [0.2, 0.25) is 0 Å². The molecule has 2 aromatic carbocycles. The number of carbonyl (C=O) groups is 1. The van der Waals surface area contributed by atoms with Gasteiger partial charge < -0.3 is 5.32 Å². The van der Waals surface area contributed by atoms with Gasteiger partial charge in [-0.2, -0.15) is 0 Å². The van der Waals surface area contributed by atoms with Crippen molar-refractivity contribution in [3.8, 4) is 0 Å². The first-order valence-electron chi connectivity index (χ1n) is 7.70. The molecule has 126 valence electrons. The van der Waals surface area contributed by atoms with Crippen molar-refractivity contribution in [3.63, 3.8) is 0 Å². The maximum atomic E-state index is 12.5. The van der Waals surface area contributed by atoms with Gasteiger partial charge in [-0.05, 0) is 55.7 Å². The zero-order chi connectivity index (χ0) is 17.5. The summed E-state index contributed by atoms with van der Waals surface area (Å²) in [5.74, 6) is -0.172. The summed E-state index contributed by atoms with van der Waals surface area (Å²) in [5.41, 5.74) is 3.02. The topological polar surface area (TPSA) is 75.3 Å². The fraction of sp³-hybridized carbons (Fsp3) is 0.278. The number of benzene rings is 2. The van der Waals surface area contributed by atoms with E-state index in [1.807, 2.05) is 45.0 Å². The second-order valence-electron chi connectivity index (χ2n) is 6.63. The number of anilines is 2. The molecule has 0 unspecified atom stereocenters. The molecule has 1 aliphatic heterocycles. The van der Waals surface area contributed by atoms with Gasteiger partial charge in [0.05, 0.1) is 11.2 Å². The molecule has 0 radical (unpaired) electrons. The van der Waals surface area contributed by atoms with Crippen molar-refractivity contribution in [2.75, 3.05) is 10.0 Å². The number of nitrogens with one attached hydrogen (secondary N) is 2. The molecule has 0 fully saturated rings. The lowest BCUT2D eigenvalue weighted by molar-refractivity contribution is -0.119. The van der Waals surface area contributed by atoms with Gasteiger partial charge in [-0.1, -0.05) is 24.3 Å². The molecule has 0 aliphatic carbocycles. The smallest absolute Gasteiger partial charge is 0.236 e. The number of amides is 1. The van der Waals surface area contributed by atoms with Crippen molar-refractivity contribution in [2.24, 2.45) is 0 Å². The fourth-order valence-corrected chi connectivity index (χ4v) is 4.12. The Labute approximate surface area is 142 Å². The molecule has 2 N–H and O–H groups in total. The number of fused-ring (bicyclic) bond motifs is 1. The van der Waals surface area contributed by atoms with Crippen LogP contribution >= 0.6 is 0 Å². The second kappa shape index (κ2) is 5.63. The summed E-state index contributed by atoms with van der Waals surface area (Å²) >= 11 is 0. The van der Waals surface area contributed by atoms with Crippen LogP contribution in [0, 0.1) is 6.92 Å². The van der Waals surface area contributed by atoms with Gasteiger partial charge in [0.25, 0.3) is 0 Å². The normalized spacial score (nSPS) is 15.7. The van der Waals surface area contributed by atoms with Gasteiger partial charge in [-0.3, -0.25) is 9.52 Å². The van der Waals surface area contributed by atoms with E-state index in [4.69, 9.17) is 0 Å². The number of aryl methyl sites for hydroxylation is 1. The molecule has 3 rings (SSSR count). The Morgan fingerprint density at radius 2 is 1.83 bits per heavy atom. The predicted octanol–water partition coefficient (Wildman–Crippen LogP) is 3.17. The highest BCUT2D eigenvalue weighted by Crippen LogP contribution is 2.38. The van der Waals surface area contributed by atoms with Crippen molar-refractivity contribution >= 4 is 27.3 Å². The van der Waals surface area contributed by atoms with Crippen LogP contribution in [-0.4, -0.2) is 14.3 Å². The molecular formula is C18H20N2O3S. The average Bonchev–Trinajstić information content (AvgIpc) is 2.71. The van der Waals surface area contributed by atoms with Crippen molar-refractivity contribution < 1.29 is 13.2 Å².